The molecule has 9 heteroatoms. The fourth-order valence-corrected chi connectivity index (χ4v) is 4.38. The van der Waals surface area contributed by atoms with E-state index in [9.17, 15) is 9.59 Å². The average molecular weight is 414 g/mol. The molecule has 0 bridgehead atoms. The van der Waals surface area contributed by atoms with Gasteiger partial charge in [-0.1, -0.05) is 0 Å². The van der Waals surface area contributed by atoms with Crippen molar-refractivity contribution in [3.05, 3.63) is 40.1 Å². The van der Waals surface area contributed by atoms with E-state index in [1.807, 2.05) is 24.8 Å². The van der Waals surface area contributed by atoms with Gasteiger partial charge in [-0.05, 0) is 39.8 Å². The van der Waals surface area contributed by atoms with Crippen molar-refractivity contribution in [3.63, 3.8) is 0 Å². The van der Waals surface area contributed by atoms with Crippen molar-refractivity contribution in [3.8, 4) is 0 Å². The van der Waals surface area contributed by atoms with Crippen LogP contribution in [0.4, 0.5) is 5.69 Å². The smallest absolute Gasteiger partial charge is 0.272 e. The number of nitrogens with zero attached hydrogens (tertiary/aromatic N) is 7. The Bertz CT molecular complexity index is 959. The first-order valence-corrected chi connectivity index (χ1v) is 10.8. The van der Waals surface area contributed by atoms with Gasteiger partial charge in [0.1, 0.15) is 5.69 Å². The molecule has 2 aliphatic rings. The van der Waals surface area contributed by atoms with Gasteiger partial charge in [0, 0.05) is 51.9 Å². The Hall–Kier alpha value is -2.68. The second-order valence-electron chi connectivity index (χ2n) is 8.32. The molecule has 0 N–H and O–H groups in total. The maximum atomic E-state index is 13.1. The van der Waals surface area contributed by atoms with Crippen molar-refractivity contribution in [2.45, 2.75) is 39.3 Å². The third kappa shape index (κ3) is 4.12. The highest BCUT2D eigenvalue weighted by Crippen LogP contribution is 2.22. The highest BCUT2D eigenvalue weighted by molar-refractivity contribution is 5.92. The normalized spacial score (nSPS) is 20.6. The quantitative estimate of drug-likeness (QED) is 0.744. The zero-order chi connectivity index (χ0) is 21.3. The minimum Gasteiger partial charge on any atom is -0.368 e. The van der Waals surface area contributed by atoms with Crippen LogP contribution >= 0.6 is 0 Å². The zero-order valence-corrected chi connectivity index (χ0v) is 18.1. The molecule has 2 aromatic rings. The van der Waals surface area contributed by atoms with Gasteiger partial charge >= 0.3 is 0 Å². The highest BCUT2D eigenvalue weighted by atomic mass is 16.2. The molecule has 1 unspecified atom stereocenters. The van der Waals surface area contributed by atoms with E-state index in [0.717, 1.165) is 50.4 Å². The Morgan fingerprint density at radius 1 is 1.17 bits per heavy atom. The number of likely N-dealkylation sites (tertiary alicyclic amines) is 1. The molecule has 1 amide bonds. The summed E-state index contributed by atoms with van der Waals surface area (Å²) < 4.78 is 3.30. The van der Waals surface area contributed by atoms with Gasteiger partial charge in [0.25, 0.3) is 11.5 Å². The zero-order valence-electron chi connectivity index (χ0n) is 18.1. The van der Waals surface area contributed by atoms with E-state index >= 15 is 0 Å². The Morgan fingerprint density at radius 2 is 1.93 bits per heavy atom. The minimum absolute atomic E-state index is 0.0238. The van der Waals surface area contributed by atoms with E-state index in [1.54, 1.807) is 21.6 Å². The fraction of sp³-hybridized carbons (Fsp3) is 0.619. The molecule has 2 aliphatic heterocycles. The van der Waals surface area contributed by atoms with Gasteiger partial charge in [0.2, 0.25) is 0 Å². The van der Waals surface area contributed by atoms with Crippen LogP contribution in [0.3, 0.4) is 0 Å². The Kier molecular flexibility index (Phi) is 5.90. The van der Waals surface area contributed by atoms with Gasteiger partial charge in [-0.25, -0.2) is 4.68 Å². The SMILES string of the molecule is CCn1nc(C)cc1C(=O)N1CCCC(n2ncc(N3CCN(C)CC3)cc2=O)C1. The summed E-state index contributed by atoms with van der Waals surface area (Å²) in [4.78, 5) is 32.3. The Morgan fingerprint density at radius 3 is 2.63 bits per heavy atom. The molecule has 2 aromatic heterocycles. The van der Waals surface area contributed by atoms with Crippen molar-refractivity contribution < 1.29 is 4.79 Å². The summed E-state index contributed by atoms with van der Waals surface area (Å²) in [6, 6.07) is 3.43. The lowest BCUT2D eigenvalue weighted by molar-refractivity contribution is 0.0657. The number of hydrogen-bond acceptors (Lipinski definition) is 6. The average Bonchev–Trinajstić information content (AvgIpc) is 3.14. The van der Waals surface area contributed by atoms with Gasteiger partial charge in [-0.3, -0.25) is 14.3 Å². The van der Waals surface area contributed by atoms with Gasteiger partial charge in [-0.2, -0.15) is 10.2 Å². The molecular formula is C21H31N7O2. The molecule has 0 radical (unpaired) electrons. The number of piperidine rings is 1. The molecule has 9 nitrogen and oxygen atoms in total. The van der Waals surface area contributed by atoms with Crippen LogP contribution in [-0.2, 0) is 6.54 Å². The summed E-state index contributed by atoms with van der Waals surface area (Å²) in [6.45, 7) is 9.48. The lowest BCUT2D eigenvalue weighted by Gasteiger charge is -2.35. The molecule has 4 rings (SSSR count). The lowest BCUT2D eigenvalue weighted by atomic mass is 10.1. The molecule has 162 valence electrons. The standard InChI is InChI=1S/C21H31N7O2/c1-4-27-19(12-16(2)23-27)21(30)26-7-5-6-17(15-26)28-20(29)13-18(14-22-28)25-10-8-24(3)9-11-25/h12-14,17H,4-11,15H2,1-3H3. The van der Waals surface area contributed by atoms with E-state index in [-0.39, 0.29) is 17.5 Å². The Balaban J connectivity index is 1.49. The van der Waals surface area contributed by atoms with Crippen molar-refractivity contribution in [1.29, 1.82) is 0 Å². The summed E-state index contributed by atoms with van der Waals surface area (Å²) in [5, 5.41) is 8.88. The second-order valence-corrected chi connectivity index (χ2v) is 8.32. The van der Waals surface area contributed by atoms with E-state index < -0.39 is 0 Å². The second kappa shape index (κ2) is 8.59. The fourth-order valence-electron chi connectivity index (χ4n) is 4.38. The van der Waals surface area contributed by atoms with Crippen LogP contribution in [0.15, 0.2) is 23.1 Å². The summed E-state index contributed by atoms with van der Waals surface area (Å²) in [5.41, 5.74) is 2.24. The number of piperazine rings is 1. The van der Waals surface area contributed by atoms with E-state index in [0.29, 0.717) is 25.3 Å². The molecule has 2 saturated heterocycles. The van der Waals surface area contributed by atoms with Crippen LogP contribution in [-0.4, -0.2) is 81.6 Å². The molecule has 2 fully saturated rings. The number of aryl methyl sites for hydroxylation is 2. The van der Waals surface area contributed by atoms with Crippen LogP contribution < -0.4 is 10.5 Å². The number of anilines is 1. The molecule has 0 spiro atoms. The number of likely N-dealkylation sites (N-methyl/N-ethyl adjacent to an activating group) is 1. The molecule has 4 heterocycles. The predicted molar refractivity (Wildman–Crippen MR) is 115 cm³/mol. The van der Waals surface area contributed by atoms with E-state index in [1.165, 1.54) is 0 Å². The first-order chi connectivity index (χ1) is 14.5. The number of carbonyl (C=O) groups excluding carboxylic acids is 1. The topological polar surface area (TPSA) is 79.5 Å². The van der Waals surface area contributed by atoms with Crippen molar-refractivity contribution in [1.82, 2.24) is 29.4 Å². The van der Waals surface area contributed by atoms with Gasteiger partial charge in [0.15, 0.2) is 0 Å². The molecule has 0 aromatic carbocycles. The first kappa shape index (κ1) is 20.6. The summed E-state index contributed by atoms with van der Waals surface area (Å²) >= 11 is 0. The summed E-state index contributed by atoms with van der Waals surface area (Å²) in [6.07, 6.45) is 3.49. The van der Waals surface area contributed by atoms with Crippen molar-refractivity contribution >= 4 is 11.6 Å². The largest absolute Gasteiger partial charge is 0.368 e. The molecule has 0 saturated carbocycles. The van der Waals surface area contributed by atoms with E-state index in [4.69, 9.17) is 0 Å². The van der Waals surface area contributed by atoms with Crippen molar-refractivity contribution in [2.24, 2.45) is 0 Å². The molecular weight excluding hydrogens is 382 g/mol. The number of aromatic nitrogens is 4. The van der Waals surface area contributed by atoms with E-state index in [2.05, 4.69) is 27.0 Å². The minimum atomic E-state index is -0.101. The van der Waals surface area contributed by atoms with Crippen LogP contribution in [0, 0.1) is 6.92 Å². The lowest BCUT2D eigenvalue weighted by Crippen LogP contribution is -2.46. The van der Waals surface area contributed by atoms with Crippen LogP contribution in [0.1, 0.15) is 42.0 Å². The van der Waals surface area contributed by atoms with Crippen LogP contribution in [0.2, 0.25) is 0 Å². The number of rotatable bonds is 4. The number of amides is 1. The van der Waals surface area contributed by atoms with Gasteiger partial charge < -0.3 is 14.7 Å². The van der Waals surface area contributed by atoms with Gasteiger partial charge in [-0.15, -0.1) is 0 Å². The van der Waals surface area contributed by atoms with Gasteiger partial charge in [0.05, 0.1) is 23.6 Å². The third-order valence-electron chi connectivity index (χ3n) is 6.13. The van der Waals surface area contributed by atoms with Crippen molar-refractivity contribution in [2.75, 3.05) is 51.2 Å². The van der Waals surface area contributed by atoms with Crippen LogP contribution in [0.25, 0.3) is 0 Å². The third-order valence-corrected chi connectivity index (χ3v) is 6.13. The Labute approximate surface area is 176 Å². The highest BCUT2D eigenvalue weighted by Gasteiger charge is 2.29. The van der Waals surface area contributed by atoms with Crippen LogP contribution in [0.5, 0.6) is 0 Å². The predicted octanol–water partition coefficient (Wildman–Crippen LogP) is 0.997. The molecule has 0 aliphatic carbocycles. The monoisotopic (exact) mass is 413 g/mol. The molecule has 30 heavy (non-hydrogen) atoms. The number of hydrogen-bond donors (Lipinski definition) is 0. The maximum Gasteiger partial charge on any atom is 0.272 e. The first-order valence-electron chi connectivity index (χ1n) is 10.8. The summed E-state index contributed by atoms with van der Waals surface area (Å²) in [5.74, 6) is -0.0238. The number of carbonyl (C=O) groups is 1. The molecule has 1 atom stereocenters. The maximum absolute atomic E-state index is 13.1. The summed E-state index contributed by atoms with van der Waals surface area (Å²) in [7, 11) is 2.11.